The lowest BCUT2D eigenvalue weighted by atomic mass is 10.1. The van der Waals surface area contributed by atoms with Crippen LogP contribution < -0.4 is 5.32 Å². The average Bonchev–Trinajstić information content (AvgIpc) is 3.34. The molecule has 0 unspecified atom stereocenters. The van der Waals surface area contributed by atoms with Crippen LogP contribution in [0.3, 0.4) is 0 Å². The van der Waals surface area contributed by atoms with Gasteiger partial charge in [0, 0.05) is 18.8 Å². The van der Waals surface area contributed by atoms with Gasteiger partial charge in [0.1, 0.15) is 11.5 Å². The largest absolute Gasteiger partial charge is 0.461 e. The first-order valence-corrected chi connectivity index (χ1v) is 9.93. The van der Waals surface area contributed by atoms with Crippen molar-refractivity contribution in [3.05, 3.63) is 53.5 Å². The molecule has 0 spiro atoms. The molecule has 1 N–H and O–H groups in total. The molecule has 2 aromatic rings. The maximum Gasteiger partial charge on any atom is 0.284 e. The molecule has 2 aliphatic heterocycles. The standard InChI is InChI=1S/C19H20F2N2O3S/c20-19(21)27-11-13-7-8-16(26-13)17-22-15-6-2-1-5-14(15)18(24)23(17)10-12-4-3-9-25-12/h1-2,5-8,12,17,19,22H,3-4,9-11H2/t12-,17+/m0/s1. The zero-order valence-corrected chi connectivity index (χ0v) is 15.4. The van der Waals surface area contributed by atoms with Crippen LogP contribution in [0.25, 0.3) is 0 Å². The van der Waals surface area contributed by atoms with Crippen molar-refractivity contribution in [2.45, 2.75) is 36.6 Å². The van der Waals surface area contributed by atoms with Crippen molar-refractivity contribution >= 4 is 23.4 Å². The van der Waals surface area contributed by atoms with Crippen molar-refractivity contribution in [1.82, 2.24) is 4.90 Å². The summed E-state index contributed by atoms with van der Waals surface area (Å²) in [4.78, 5) is 14.8. The number of halogens is 2. The van der Waals surface area contributed by atoms with E-state index in [1.807, 2.05) is 18.2 Å². The lowest BCUT2D eigenvalue weighted by molar-refractivity contribution is 0.0401. The van der Waals surface area contributed by atoms with E-state index in [9.17, 15) is 13.6 Å². The minimum Gasteiger partial charge on any atom is -0.461 e. The summed E-state index contributed by atoms with van der Waals surface area (Å²) in [7, 11) is 0. The number of benzene rings is 1. The number of carbonyl (C=O) groups is 1. The highest BCUT2D eigenvalue weighted by atomic mass is 32.2. The molecule has 1 fully saturated rings. The number of carbonyl (C=O) groups excluding carboxylic acids is 1. The van der Waals surface area contributed by atoms with Crippen molar-refractivity contribution in [2.24, 2.45) is 0 Å². The smallest absolute Gasteiger partial charge is 0.284 e. The van der Waals surface area contributed by atoms with E-state index in [0.29, 0.717) is 42.0 Å². The number of rotatable bonds is 6. The third-order valence-corrected chi connectivity index (χ3v) is 5.45. The van der Waals surface area contributed by atoms with Gasteiger partial charge in [-0.3, -0.25) is 4.79 Å². The van der Waals surface area contributed by atoms with Gasteiger partial charge < -0.3 is 19.4 Å². The molecular formula is C19H20F2N2O3S. The highest BCUT2D eigenvalue weighted by molar-refractivity contribution is 7.98. The van der Waals surface area contributed by atoms with Crippen LogP contribution in [-0.4, -0.2) is 35.8 Å². The minimum atomic E-state index is -2.45. The van der Waals surface area contributed by atoms with E-state index in [1.54, 1.807) is 23.1 Å². The van der Waals surface area contributed by atoms with Gasteiger partial charge in [-0.05, 0) is 37.1 Å². The molecule has 4 rings (SSSR count). The molecule has 8 heteroatoms. The number of furan rings is 1. The molecule has 27 heavy (non-hydrogen) atoms. The lowest BCUT2D eigenvalue weighted by Gasteiger charge is -2.37. The van der Waals surface area contributed by atoms with Gasteiger partial charge in [-0.1, -0.05) is 23.9 Å². The zero-order valence-electron chi connectivity index (χ0n) is 14.6. The van der Waals surface area contributed by atoms with E-state index in [4.69, 9.17) is 9.15 Å². The van der Waals surface area contributed by atoms with Gasteiger partial charge in [0.05, 0.1) is 17.4 Å². The van der Waals surface area contributed by atoms with E-state index in [-0.39, 0.29) is 17.8 Å². The van der Waals surface area contributed by atoms with Crippen LogP contribution in [0.4, 0.5) is 14.5 Å². The van der Waals surface area contributed by atoms with Crippen LogP contribution in [0.2, 0.25) is 0 Å². The second-order valence-corrected chi connectivity index (χ2v) is 7.54. The fraction of sp³-hybridized carbons (Fsp3) is 0.421. The Balaban J connectivity index is 1.60. The van der Waals surface area contributed by atoms with Gasteiger partial charge >= 0.3 is 0 Å². The van der Waals surface area contributed by atoms with Gasteiger partial charge in [0.25, 0.3) is 11.7 Å². The van der Waals surface area contributed by atoms with Crippen LogP contribution in [0.1, 0.15) is 40.9 Å². The Morgan fingerprint density at radius 2 is 2.11 bits per heavy atom. The van der Waals surface area contributed by atoms with E-state index >= 15 is 0 Å². The molecule has 1 amide bonds. The van der Waals surface area contributed by atoms with Crippen LogP contribution in [0.15, 0.2) is 40.8 Å². The Morgan fingerprint density at radius 1 is 1.26 bits per heavy atom. The molecule has 1 aromatic carbocycles. The summed E-state index contributed by atoms with van der Waals surface area (Å²) in [6.07, 6.45) is 1.39. The number of hydrogen-bond donors (Lipinski definition) is 1. The highest BCUT2D eigenvalue weighted by Crippen LogP contribution is 2.35. The predicted molar refractivity (Wildman–Crippen MR) is 98.8 cm³/mol. The summed E-state index contributed by atoms with van der Waals surface area (Å²) in [5.41, 5.74) is 1.34. The predicted octanol–water partition coefficient (Wildman–Crippen LogP) is 4.48. The molecular weight excluding hydrogens is 374 g/mol. The summed E-state index contributed by atoms with van der Waals surface area (Å²) in [5.74, 6) is -1.47. The quantitative estimate of drug-likeness (QED) is 0.783. The Bertz CT molecular complexity index is 808. The summed E-state index contributed by atoms with van der Waals surface area (Å²) in [6.45, 7) is 1.16. The van der Waals surface area contributed by atoms with Crippen molar-refractivity contribution in [3.8, 4) is 0 Å². The zero-order chi connectivity index (χ0) is 18.8. The number of hydrogen-bond acceptors (Lipinski definition) is 5. The monoisotopic (exact) mass is 394 g/mol. The van der Waals surface area contributed by atoms with Crippen LogP contribution in [-0.2, 0) is 10.5 Å². The van der Waals surface area contributed by atoms with Gasteiger partial charge in [0.2, 0.25) is 0 Å². The van der Waals surface area contributed by atoms with E-state index in [0.717, 1.165) is 18.5 Å². The molecule has 2 aliphatic rings. The third kappa shape index (κ3) is 3.96. The van der Waals surface area contributed by atoms with Crippen LogP contribution >= 0.6 is 11.8 Å². The molecule has 0 bridgehead atoms. The second kappa shape index (κ2) is 7.90. The molecule has 5 nitrogen and oxygen atoms in total. The van der Waals surface area contributed by atoms with Crippen molar-refractivity contribution in [2.75, 3.05) is 18.5 Å². The van der Waals surface area contributed by atoms with Gasteiger partial charge in [-0.2, -0.15) is 8.78 Å². The first-order chi connectivity index (χ1) is 13.1. The number of nitrogens with one attached hydrogen (secondary N) is 1. The maximum absolute atomic E-state index is 13.1. The van der Waals surface area contributed by atoms with Gasteiger partial charge in [-0.15, -0.1) is 0 Å². The number of nitrogens with zero attached hydrogens (tertiary/aromatic N) is 1. The van der Waals surface area contributed by atoms with Crippen LogP contribution in [0.5, 0.6) is 0 Å². The number of ether oxygens (including phenoxy) is 1. The minimum absolute atomic E-state index is 0.00710. The Hall–Kier alpha value is -2.06. The first-order valence-electron chi connectivity index (χ1n) is 8.88. The van der Waals surface area contributed by atoms with E-state index < -0.39 is 11.9 Å². The van der Waals surface area contributed by atoms with Crippen LogP contribution in [0, 0.1) is 0 Å². The first kappa shape index (κ1) is 18.3. The summed E-state index contributed by atoms with van der Waals surface area (Å²) in [6, 6.07) is 10.7. The lowest BCUT2D eigenvalue weighted by Crippen LogP contribution is -2.46. The second-order valence-electron chi connectivity index (χ2n) is 6.56. The maximum atomic E-state index is 13.1. The third-order valence-electron chi connectivity index (χ3n) is 4.75. The Morgan fingerprint density at radius 3 is 2.89 bits per heavy atom. The number of amides is 1. The average molecular weight is 394 g/mol. The molecule has 1 saturated heterocycles. The van der Waals surface area contributed by atoms with E-state index in [2.05, 4.69) is 5.32 Å². The number of para-hydroxylation sites is 1. The fourth-order valence-electron chi connectivity index (χ4n) is 3.48. The molecule has 0 radical (unpaired) electrons. The molecule has 1 aromatic heterocycles. The molecule has 2 atom stereocenters. The molecule has 0 aliphatic carbocycles. The molecule has 0 saturated carbocycles. The van der Waals surface area contributed by atoms with Gasteiger partial charge in [0.15, 0.2) is 6.17 Å². The molecule has 144 valence electrons. The Kier molecular flexibility index (Phi) is 5.36. The summed E-state index contributed by atoms with van der Waals surface area (Å²) in [5, 5.41) is 3.35. The number of fused-ring (bicyclic) bond motifs is 1. The van der Waals surface area contributed by atoms with Crippen molar-refractivity contribution in [3.63, 3.8) is 0 Å². The van der Waals surface area contributed by atoms with Crippen molar-refractivity contribution < 1.29 is 22.7 Å². The summed E-state index contributed by atoms with van der Waals surface area (Å²) < 4.78 is 36.3. The topological polar surface area (TPSA) is 54.7 Å². The number of thioether (sulfide) groups is 1. The highest BCUT2D eigenvalue weighted by Gasteiger charge is 2.36. The number of alkyl halides is 2. The summed E-state index contributed by atoms with van der Waals surface area (Å²) >= 11 is 0.512. The normalized spacial score (nSPS) is 22.2. The number of anilines is 1. The Labute approximate surface area is 160 Å². The van der Waals surface area contributed by atoms with E-state index in [1.165, 1.54) is 0 Å². The fourth-order valence-corrected chi connectivity index (χ4v) is 3.92. The SMILES string of the molecule is O=C1c2ccccc2N[C@@H](c2ccc(CSC(F)F)o2)N1C[C@@H]1CCCO1. The molecule has 3 heterocycles. The van der Waals surface area contributed by atoms with Gasteiger partial charge in [-0.25, -0.2) is 0 Å². The van der Waals surface area contributed by atoms with Crippen molar-refractivity contribution in [1.29, 1.82) is 0 Å².